The SMILES string of the molecule is Cc1cc2c(cc1C(F)(F)F)N(C(=O)Nc1cc(OCCN(C(C)C)C(C)C)cc(C(F)(F)F)c1)CC2.Cl. The van der Waals surface area contributed by atoms with E-state index in [9.17, 15) is 31.1 Å². The van der Waals surface area contributed by atoms with E-state index in [0.717, 1.165) is 23.1 Å². The number of carbonyl (C=O) groups excluding carboxylic acids is 1. The molecule has 0 spiro atoms. The topological polar surface area (TPSA) is 44.8 Å². The molecule has 212 valence electrons. The first-order valence-corrected chi connectivity index (χ1v) is 12.0. The lowest BCUT2D eigenvalue weighted by atomic mass is 10.0. The molecule has 38 heavy (non-hydrogen) atoms. The fourth-order valence-corrected chi connectivity index (χ4v) is 4.57. The van der Waals surface area contributed by atoms with Gasteiger partial charge in [0.2, 0.25) is 0 Å². The third-order valence-electron chi connectivity index (χ3n) is 6.30. The number of fused-ring (bicyclic) bond motifs is 1. The van der Waals surface area contributed by atoms with Crippen molar-refractivity contribution in [3.05, 3.63) is 52.6 Å². The number of nitrogens with zero attached hydrogens (tertiary/aromatic N) is 2. The number of alkyl halides is 6. The zero-order chi connectivity index (χ0) is 27.7. The number of carbonyl (C=O) groups is 1. The minimum atomic E-state index is -4.69. The Hall–Kier alpha value is -2.66. The van der Waals surface area contributed by atoms with Crippen molar-refractivity contribution in [1.82, 2.24) is 4.90 Å². The maximum atomic E-state index is 13.5. The molecule has 1 aliphatic heterocycles. The van der Waals surface area contributed by atoms with E-state index in [1.54, 1.807) is 0 Å². The molecule has 0 saturated carbocycles. The molecule has 1 aliphatic rings. The molecule has 2 aromatic rings. The van der Waals surface area contributed by atoms with Crippen molar-refractivity contribution in [2.45, 2.75) is 65.5 Å². The van der Waals surface area contributed by atoms with Crippen molar-refractivity contribution in [1.29, 1.82) is 0 Å². The van der Waals surface area contributed by atoms with E-state index < -0.39 is 29.5 Å². The number of rotatable bonds is 7. The average molecular weight is 568 g/mol. The van der Waals surface area contributed by atoms with Gasteiger partial charge in [-0.25, -0.2) is 4.79 Å². The van der Waals surface area contributed by atoms with Crippen molar-refractivity contribution < 1.29 is 35.9 Å². The summed E-state index contributed by atoms with van der Waals surface area (Å²) in [7, 11) is 0. The number of aryl methyl sites for hydroxylation is 1. The highest BCUT2D eigenvalue weighted by molar-refractivity contribution is 6.03. The Balaban J connectivity index is 0.00000507. The summed E-state index contributed by atoms with van der Waals surface area (Å²) in [5.41, 5.74) is -1.35. The lowest BCUT2D eigenvalue weighted by Crippen LogP contribution is -2.39. The summed E-state index contributed by atoms with van der Waals surface area (Å²) in [6.45, 7) is 10.1. The van der Waals surface area contributed by atoms with E-state index in [-0.39, 0.29) is 60.3 Å². The fourth-order valence-electron chi connectivity index (χ4n) is 4.57. The lowest BCUT2D eigenvalue weighted by Gasteiger charge is -2.30. The van der Waals surface area contributed by atoms with Crippen LogP contribution in [0.3, 0.4) is 0 Å². The Kier molecular flexibility index (Phi) is 9.99. The van der Waals surface area contributed by atoms with Gasteiger partial charge in [0.25, 0.3) is 0 Å². The van der Waals surface area contributed by atoms with Crippen LogP contribution >= 0.6 is 12.4 Å². The van der Waals surface area contributed by atoms with E-state index in [0.29, 0.717) is 18.5 Å². The van der Waals surface area contributed by atoms with Crippen LogP contribution in [0.15, 0.2) is 30.3 Å². The van der Waals surface area contributed by atoms with Crippen LogP contribution in [0.5, 0.6) is 5.75 Å². The molecule has 1 heterocycles. The number of hydrogen-bond donors (Lipinski definition) is 1. The van der Waals surface area contributed by atoms with Crippen LogP contribution in [0.4, 0.5) is 42.5 Å². The zero-order valence-corrected chi connectivity index (χ0v) is 22.6. The highest BCUT2D eigenvalue weighted by Crippen LogP contribution is 2.39. The Labute approximate surface area is 224 Å². The zero-order valence-electron chi connectivity index (χ0n) is 21.8. The van der Waals surface area contributed by atoms with Crippen molar-refractivity contribution in [2.75, 3.05) is 29.9 Å². The molecule has 1 N–H and O–H groups in total. The molecule has 0 unspecified atom stereocenters. The number of urea groups is 1. The molecular formula is C26H32ClF6N3O2. The minimum absolute atomic E-state index is 0. The number of nitrogens with one attached hydrogen (secondary N) is 1. The maximum absolute atomic E-state index is 13.5. The van der Waals surface area contributed by atoms with Gasteiger partial charge in [-0.15, -0.1) is 12.4 Å². The molecule has 3 rings (SSSR count). The highest BCUT2D eigenvalue weighted by atomic mass is 35.5. The summed E-state index contributed by atoms with van der Waals surface area (Å²) in [6, 6.07) is 4.80. The molecule has 2 amide bonds. The van der Waals surface area contributed by atoms with Gasteiger partial charge in [-0.1, -0.05) is 6.07 Å². The van der Waals surface area contributed by atoms with Gasteiger partial charge in [-0.3, -0.25) is 9.80 Å². The minimum Gasteiger partial charge on any atom is -0.492 e. The second-order valence-corrected chi connectivity index (χ2v) is 9.64. The van der Waals surface area contributed by atoms with Crippen molar-refractivity contribution in [2.24, 2.45) is 0 Å². The summed E-state index contributed by atoms with van der Waals surface area (Å²) in [5.74, 6) is -0.0746. The third-order valence-corrected chi connectivity index (χ3v) is 6.30. The number of halogens is 7. The monoisotopic (exact) mass is 567 g/mol. The lowest BCUT2D eigenvalue weighted by molar-refractivity contribution is -0.138. The smallest absolute Gasteiger partial charge is 0.416 e. The van der Waals surface area contributed by atoms with Crippen LogP contribution in [-0.2, 0) is 18.8 Å². The van der Waals surface area contributed by atoms with E-state index in [2.05, 4.69) is 10.2 Å². The first-order chi connectivity index (χ1) is 17.1. The van der Waals surface area contributed by atoms with Crippen LogP contribution < -0.4 is 15.0 Å². The Morgan fingerprint density at radius 2 is 1.63 bits per heavy atom. The van der Waals surface area contributed by atoms with Gasteiger partial charge in [0.1, 0.15) is 12.4 Å². The summed E-state index contributed by atoms with van der Waals surface area (Å²) in [6.07, 6.45) is -8.96. The second-order valence-electron chi connectivity index (χ2n) is 9.64. The van der Waals surface area contributed by atoms with Crippen LogP contribution in [-0.4, -0.2) is 42.7 Å². The fraction of sp³-hybridized carbons (Fsp3) is 0.500. The summed E-state index contributed by atoms with van der Waals surface area (Å²) in [4.78, 5) is 16.2. The molecule has 0 aliphatic carbocycles. The van der Waals surface area contributed by atoms with Gasteiger partial charge in [0.15, 0.2) is 0 Å². The van der Waals surface area contributed by atoms with Crippen LogP contribution in [0.25, 0.3) is 0 Å². The Morgan fingerprint density at radius 3 is 2.18 bits per heavy atom. The molecule has 12 heteroatoms. The number of amides is 2. The molecule has 0 saturated heterocycles. The summed E-state index contributed by atoms with van der Waals surface area (Å²) in [5, 5.41) is 2.40. The van der Waals surface area contributed by atoms with Gasteiger partial charge in [-0.2, -0.15) is 26.3 Å². The molecule has 0 aromatic heterocycles. The second kappa shape index (κ2) is 12.0. The van der Waals surface area contributed by atoms with E-state index >= 15 is 0 Å². The molecular weight excluding hydrogens is 536 g/mol. The predicted molar refractivity (Wildman–Crippen MR) is 137 cm³/mol. The normalized spacial score (nSPS) is 13.7. The standard InChI is InChI=1S/C26H31F6N3O2.ClH/c1-15(2)34(16(3)4)8-9-37-21-12-19(25(27,28)29)11-20(13-21)33-24(36)35-7-6-18-10-17(5)22(14-23(18)35)26(30,31)32;/h10-16H,6-9H2,1-5H3,(H,33,36);1H. The van der Waals surface area contributed by atoms with Gasteiger partial charge in [-0.05, 0) is 70.4 Å². The molecule has 2 aromatic carbocycles. The predicted octanol–water partition coefficient (Wildman–Crippen LogP) is 7.55. The van der Waals surface area contributed by atoms with Crippen molar-refractivity contribution >= 4 is 29.8 Å². The number of benzene rings is 2. The van der Waals surface area contributed by atoms with Crippen LogP contribution in [0.1, 0.15) is 49.9 Å². The quantitative estimate of drug-likeness (QED) is 0.351. The number of ether oxygens (including phenoxy) is 1. The maximum Gasteiger partial charge on any atom is 0.416 e. The van der Waals surface area contributed by atoms with Gasteiger partial charge in [0, 0.05) is 42.6 Å². The summed E-state index contributed by atoms with van der Waals surface area (Å²) >= 11 is 0. The molecule has 5 nitrogen and oxygen atoms in total. The summed E-state index contributed by atoms with van der Waals surface area (Å²) < 4.78 is 86.4. The largest absolute Gasteiger partial charge is 0.492 e. The molecule has 0 fully saturated rings. The van der Waals surface area contributed by atoms with E-state index in [4.69, 9.17) is 4.74 Å². The van der Waals surface area contributed by atoms with Crippen molar-refractivity contribution in [3.63, 3.8) is 0 Å². The van der Waals surface area contributed by atoms with Gasteiger partial charge >= 0.3 is 18.4 Å². The first kappa shape index (κ1) is 31.6. The van der Waals surface area contributed by atoms with Crippen LogP contribution in [0.2, 0.25) is 0 Å². The Morgan fingerprint density at radius 1 is 1.00 bits per heavy atom. The van der Waals surface area contributed by atoms with E-state index in [1.807, 2.05) is 27.7 Å². The number of anilines is 2. The molecule has 0 bridgehead atoms. The van der Waals surface area contributed by atoms with Crippen LogP contribution in [0, 0.1) is 6.92 Å². The highest BCUT2D eigenvalue weighted by Gasteiger charge is 2.36. The van der Waals surface area contributed by atoms with Gasteiger partial charge in [0.05, 0.1) is 11.1 Å². The molecule has 0 radical (unpaired) electrons. The molecule has 0 atom stereocenters. The first-order valence-electron chi connectivity index (χ1n) is 12.0. The van der Waals surface area contributed by atoms with Crippen molar-refractivity contribution in [3.8, 4) is 5.75 Å². The third kappa shape index (κ3) is 7.47. The van der Waals surface area contributed by atoms with E-state index in [1.165, 1.54) is 19.1 Å². The average Bonchev–Trinajstić information content (AvgIpc) is 3.17. The Bertz CT molecular complexity index is 1130. The number of hydrogen-bond acceptors (Lipinski definition) is 3. The van der Waals surface area contributed by atoms with Gasteiger partial charge < -0.3 is 10.1 Å².